The van der Waals surface area contributed by atoms with Crippen molar-refractivity contribution < 1.29 is 19.1 Å². The van der Waals surface area contributed by atoms with Crippen molar-refractivity contribution >= 4 is 11.6 Å². The second kappa shape index (κ2) is 8.18. The van der Waals surface area contributed by atoms with Gasteiger partial charge in [-0.2, -0.15) is 10.2 Å². The monoisotopic (exact) mass is 419 g/mol. The molecule has 2 aromatic carbocycles. The van der Waals surface area contributed by atoms with Gasteiger partial charge in [0, 0.05) is 11.8 Å². The van der Waals surface area contributed by atoms with E-state index in [4.69, 9.17) is 14.3 Å². The van der Waals surface area contributed by atoms with Crippen molar-refractivity contribution in [1.29, 1.82) is 0 Å². The van der Waals surface area contributed by atoms with Crippen molar-refractivity contribution in [3.63, 3.8) is 0 Å². The molecule has 0 radical (unpaired) electrons. The predicted octanol–water partition coefficient (Wildman–Crippen LogP) is 4.62. The molecule has 7 nitrogen and oxygen atoms in total. The maximum absolute atomic E-state index is 13.6. The maximum atomic E-state index is 13.6. The number of anilines is 1. The fourth-order valence-electron chi connectivity index (χ4n) is 3.88. The zero-order valence-electron chi connectivity index (χ0n) is 18.2. The molecule has 0 bridgehead atoms. The summed E-state index contributed by atoms with van der Waals surface area (Å²) >= 11 is 0. The molecule has 1 aliphatic heterocycles. The number of aryl methyl sites for hydroxylation is 2. The lowest BCUT2D eigenvalue weighted by atomic mass is 9.97. The van der Waals surface area contributed by atoms with E-state index in [1.165, 1.54) is 4.68 Å². The van der Waals surface area contributed by atoms with Crippen molar-refractivity contribution in [3.05, 3.63) is 82.9 Å². The zero-order chi connectivity index (χ0) is 22.1. The number of hydrogen-bond donors (Lipinski definition) is 0. The van der Waals surface area contributed by atoms with Crippen LogP contribution in [0.1, 0.15) is 34.7 Å². The smallest absolute Gasteiger partial charge is 0.280 e. The number of carbonyl (C=O) groups is 1. The average molecular weight is 419 g/mol. The van der Waals surface area contributed by atoms with Crippen LogP contribution < -0.4 is 14.5 Å². The molecule has 31 heavy (non-hydrogen) atoms. The Morgan fingerprint density at radius 3 is 2.29 bits per heavy atom. The molecular weight excluding hydrogens is 394 g/mol. The van der Waals surface area contributed by atoms with E-state index in [-0.39, 0.29) is 5.91 Å². The number of ether oxygens (including phenoxy) is 2. The standard InChI is InChI=1S/C24H25N3O4/c1-15-13-16(2)26(25-15)24(28)22-17(3)31-27(23(22)18-9-7-6-8-10-18)19-11-12-20(29-4)21(14-19)30-5/h6-14,23H,1-5H3/t23-/m1/s1. The Hall–Kier alpha value is -3.74. The van der Waals surface area contributed by atoms with Gasteiger partial charge in [-0.05, 0) is 44.5 Å². The summed E-state index contributed by atoms with van der Waals surface area (Å²) in [5.41, 5.74) is 3.77. The zero-order valence-corrected chi connectivity index (χ0v) is 18.2. The first-order valence-corrected chi connectivity index (χ1v) is 9.97. The van der Waals surface area contributed by atoms with E-state index < -0.39 is 6.04 Å². The minimum absolute atomic E-state index is 0.208. The summed E-state index contributed by atoms with van der Waals surface area (Å²) in [5.74, 6) is 1.51. The van der Waals surface area contributed by atoms with Gasteiger partial charge in [0.15, 0.2) is 11.5 Å². The minimum Gasteiger partial charge on any atom is -0.493 e. The summed E-state index contributed by atoms with van der Waals surface area (Å²) in [5, 5.41) is 6.12. The Bertz CT molecular complexity index is 1150. The van der Waals surface area contributed by atoms with E-state index in [0.717, 1.165) is 22.6 Å². The van der Waals surface area contributed by atoms with Crippen LogP contribution in [0.25, 0.3) is 0 Å². The molecule has 0 spiro atoms. The topological polar surface area (TPSA) is 65.8 Å². The quantitative estimate of drug-likeness (QED) is 0.601. The van der Waals surface area contributed by atoms with E-state index in [1.807, 2.05) is 68.4 Å². The first-order chi connectivity index (χ1) is 14.9. The normalized spacial score (nSPS) is 15.8. The van der Waals surface area contributed by atoms with E-state index >= 15 is 0 Å². The largest absolute Gasteiger partial charge is 0.493 e. The van der Waals surface area contributed by atoms with E-state index in [9.17, 15) is 4.79 Å². The summed E-state index contributed by atoms with van der Waals surface area (Å²) in [7, 11) is 3.18. The average Bonchev–Trinajstić information content (AvgIpc) is 3.31. The van der Waals surface area contributed by atoms with Crippen molar-refractivity contribution in [2.24, 2.45) is 0 Å². The molecule has 4 rings (SSSR count). The Morgan fingerprint density at radius 2 is 1.68 bits per heavy atom. The molecule has 3 aromatic rings. The van der Waals surface area contributed by atoms with Crippen LogP contribution in [0.5, 0.6) is 11.5 Å². The molecule has 1 aromatic heterocycles. The van der Waals surface area contributed by atoms with Crippen LogP contribution in [0, 0.1) is 13.8 Å². The van der Waals surface area contributed by atoms with Gasteiger partial charge >= 0.3 is 0 Å². The van der Waals surface area contributed by atoms with E-state index in [2.05, 4.69) is 5.10 Å². The Kier molecular flexibility index (Phi) is 5.42. The summed E-state index contributed by atoms with van der Waals surface area (Å²) < 4.78 is 12.3. The van der Waals surface area contributed by atoms with Gasteiger partial charge in [-0.15, -0.1) is 0 Å². The highest BCUT2D eigenvalue weighted by atomic mass is 16.7. The third-order valence-corrected chi connectivity index (χ3v) is 5.29. The van der Waals surface area contributed by atoms with Crippen LogP contribution >= 0.6 is 0 Å². The number of allylic oxidation sites excluding steroid dienone is 1. The van der Waals surface area contributed by atoms with Gasteiger partial charge in [0.25, 0.3) is 5.91 Å². The van der Waals surface area contributed by atoms with Gasteiger partial charge in [0.05, 0.1) is 31.2 Å². The molecule has 0 unspecified atom stereocenters. The summed E-state index contributed by atoms with van der Waals surface area (Å²) in [6.45, 7) is 5.54. The second-order valence-electron chi connectivity index (χ2n) is 7.38. The molecule has 2 heterocycles. The number of nitrogens with zero attached hydrogens (tertiary/aromatic N) is 3. The van der Waals surface area contributed by atoms with Gasteiger partial charge in [-0.1, -0.05) is 30.3 Å². The Labute approximate surface area is 181 Å². The van der Waals surface area contributed by atoms with Gasteiger partial charge in [0.2, 0.25) is 0 Å². The SMILES string of the molecule is COc1ccc(N2OC(C)=C(C(=O)n3nc(C)cc3C)[C@H]2c2ccccc2)cc1OC. The fraction of sp³-hybridized carbons (Fsp3) is 0.250. The van der Waals surface area contributed by atoms with Crippen LogP contribution in [-0.4, -0.2) is 29.9 Å². The molecule has 0 N–H and O–H groups in total. The third-order valence-electron chi connectivity index (χ3n) is 5.29. The predicted molar refractivity (Wildman–Crippen MR) is 117 cm³/mol. The Balaban J connectivity index is 1.82. The lowest BCUT2D eigenvalue weighted by Gasteiger charge is -2.27. The van der Waals surface area contributed by atoms with Crippen LogP contribution in [0.4, 0.5) is 5.69 Å². The number of hydrogen-bond acceptors (Lipinski definition) is 6. The Morgan fingerprint density at radius 1 is 0.968 bits per heavy atom. The second-order valence-corrected chi connectivity index (χ2v) is 7.38. The first-order valence-electron chi connectivity index (χ1n) is 9.97. The molecular formula is C24H25N3O4. The molecule has 1 atom stereocenters. The molecule has 0 saturated heterocycles. The van der Waals surface area contributed by atoms with Gasteiger partial charge in [0.1, 0.15) is 11.8 Å². The highest BCUT2D eigenvalue weighted by molar-refractivity contribution is 5.98. The van der Waals surface area contributed by atoms with Gasteiger partial charge in [-0.3, -0.25) is 4.79 Å². The number of carbonyl (C=O) groups excluding carboxylic acids is 1. The highest BCUT2D eigenvalue weighted by Crippen LogP contribution is 2.43. The van der Waals surface area contributed by atoms with Crippen molar-refractivity contribution in [1.82, 2.24) is 9.78 Å². The molecule has 1 aliphatic rings. The van der Waals surface area contributed by atoms with Gasteiger partial charge in [-0.25, -0.2) is 4.68 Å². The lowest BCUT2D eigenvalue weighted by Crippen LogP contribution is -2.28. The van der Waals surface area contributed by atoms with Crippen molar-refractivity contribution in [2.75, 3.05) is 19.3 Å². The minimum atomic E-state index is -0.448. The summed E-state index contributed by atoms with van der Waals surface area (Å²) in [6.07, 6.45) is 0. The number of benzene rings is 2. The molecule has 7 heteroatoms. The molecule has 0 amide bonds. The maximum Gasteiger partial charge on any atom is 0.280 e. The van der Waals surface area contributed by atoms with Crippen LogP contribution in [0.15, 0.2) is 65.9 Å². The molecule has 0 aliphatic carbocycles. The molecule has 0 fully saturated rings. The number of hydroxylamine groups is 1. The number of methoxy groups -OCH3 is 2. The van der Waals surface area contributed by atoms with Crippen LogP contribution in [-0.2, 0) is 4.84 Å². The highest BCUT2D eigenvalue weighted by Gasteiger charge is 2.40. The third kappa shape index (κ3) is 3.63. The van der Waals surface area contributed by atoms with Crippen LogP contribution in [0.2, 0.25) is 0 Å². The number of aromatic nitrogens is 2. The number of rotatable bonds is 5. The summed E-state index contributed by atoms with van der Waals surface area (Å²) in [4.78, 5) is 19.7. The van der Waals surface area contributed by atoms with Crippen LogP contribution in [0.3, 0.4) is 0 Å². The van der Waals surface area contributed by atoms with Crippen molar-refractivity contribution in [3.8, 4) is 11.5 Å². The van der Waals surface area contributed by atoms with E-state index in [0.29, 0.717) is 22.8 Å². The van der Waals surface area contributed by atoms with E-state index in [1.54, 1.807) is 26.2 Å². The molecule has 0 saturated carbocycles. The lowest BCUT2D eigenvalue weighted by molar-refractivity contribution is 0.0931. The fourth-order valence-corrected chi connectivity index (χ4v) is 3.88. The van der Waals surface area contributed by atoms with Gasteiger partial charge < -0.3 is 14.3 Å². The van der Waals surface area contributed by atoms with Crippen molar-refractivity contribution in [2.45, 2.75) is 26.8 Å². The first kappa shape index (κ1) is 20.5. The summed E-state index contributed by atoms with van der Waals surface area (Å²) in [6, 6.07) is 16.8. The molecule has 160 valence electrons.